The minimum atomic E-state index is -5.04. The number of likely N-dealkylation sites (N-methyl/N-ethyl adjacent to an activating group) is 1. The second kappa shape index (κ2) is 12.9. The number of pyridine rings is 1. The Morgan fingerprint density at radius 3 is 2.48 bits per heavy atom. The van der Waals surface area contributed by atoms with Crippen LogP contribution in [0.1, 0.15) is 29.5 Å². The summed E-state index contributed by atoms with van der Waals surface area (Å²) in [6.07, 6.45) is 3.38. The summed E-state index contributed by atoms with van der Waals surface area (Å²) in [4.78, 5) is 38.5. The number of fused-ring (bicyclic) bond motifs is 1. The molecule has 1 N–H and O–H groups in total. The Hall–Kier alpha value is -4.69. The molecule has 3 aromatic rings. The summed E-state index contributed by atoms with van der Waals surface area (Å²) in [5.41, 5.74) is -2.51. The number of nitrogens with one attached hydrogen (secondary N) is 1. The molecule has 4 aliphatic rings. The van der Waals surface area contributed by atoms with Crippen LogP contribution < -0.4 is 14.4 Å². The highest BCUT2D eigenvalue weighted by molar-refractivity contribution is 7.93. The topological polar surface area (TPSA) is 148 Å². The average molecular weight is 708 g/mol. The Balaban J connectivity index is 1.21. The summed E-state index contributed by atoms with van der Waals surface area (Å²) in [6, 6.07) is 11.0. The number of halogens is 2. The smallest absolute Gasteiger partial charge is 0.318 e. The summed E-state index contributed by atoms with van der Waals surface area (Å²) >= 11 is 0. The Labute approximate surface area is 288 Å². The second-order valence-electron chi connectivity index (χ2n) is 12.9. The first-order valence-corrected chi connectivity index (χ1v) is 17.6. The molecule has 0 bridgehead atoms. The number of urea groups is 1. The van der Waals surface area contributed by atoms with Crippen LogP contribution in [0.5, 0.6) is 5.88 Å². The lowest BCUT2D eigenvalue weighted by atomic mass is 9.83. The molecule has 5 heterocycles. The number of piperidine rings is 1. The molecule has 3 fully saturated rings. The number of likely N-dealkylation sites (tertiary alicyclic amines) is 2. The van der Waals surface area contributed by atoms with Crippen LogP contribution in [0, 0.1) is 23.0 Å². The van der Waals surface area contributed by atoms with E-state index in [9.17, 15) is 27.7 Å². The van der Waals surface area contributed by atoms with Gasteiger partial charge in [-0.1, -0.05) is 0 Å². The lowest BCUT2D eigenvalue weighted by molar-refractivity contribution is -0.121. The summed E-state index contributed by atoms with van der Waals surface area (Å²) in [7, 11) is -1.59. The molecule has 1 atom stereocenters. The van der Waals surface area contributed by atoms with E-state index in [1.54, 1.807) is 0 Å². The van der Waals surface area contributed by atoms with Crippen LogP contribution in [0.25, 0.3) is 0 Å². The lowest BCUT2D eigenvalue weighted by Crippen LogP contribution is -2.67. The van der Waals surface area contributed by atoms with Crippen molar-refractivity contribution in [1.82, 2.24) is 25.0 Å². The number of carbonyl (C=O) groups excluding carboxylic acids is 2. The van der Waals surface area contributed by atoms with Gasteiger partial charge in [-0.25, -0.2) is 27.0 Å². The van der Waals surface area contributed by atoms with E-state index in [2.05, 4.69) is 27.1 Å². The van der Waals surface area contributed by atoms with E-state index in [-0.39, 0.29) is 34.3 Å². The van der Waals surface area contributed by atoms with Crippen molar-refractivity contribution in [3.05, 3.63) is 83.1 Å². The number of sulfonamides is 1. The summed E-state index contributed by atoms with van der Waals surface area (Å²) in [6.45, 7) is 3.99. The van der Waals surface area contributed by atoms with Gasteiger partial charge in [0.1, 0.15) is 16.5 Å². The molecule has 2 aromatic carbocycles. The van der Waals surface area contributed by atoms with E-state index in [0.29, 0.717) is 35.5 Å². The van der Waals surface area contributed by atoms with E-state index < -0.39 is 44.0 Å². The number of rotatable bonds is 8. The average Bonchev–Trinajstić information content (AvgIpc) is 3.30. The largest absolute Gasteiger partial charge is 0.481 e. The van der Waals surface area contributed by atoms with Gasteiger partial charge in [-0.3, -0.25) is 14.6 Å². The van der Waals surface area contributed by atoms with Gasteiger partial charge in [0.15, 0.2) is 5.54 Å². The molecule has 13 nitrogen and oxygen atoms in total. The van der Waals surface area contributed by atoms with Crippen molar-refractivity contribution in [2.75, 3.05) is 57.9 Å². The number of methoxy groups -OCH3 is 1. The molecule has 0 saturated carbocycles. The third kappa shape index (κ3) is 5.45. The van der Waals surface area contributed by atoms with Crippen LogP contribution in [-0.4, -0.2) is 112 Å². The molecule has 0 radical (unpaired) electrons. The zero-order valence-corrected chi connectivity index (χ0v) is 28.2. The summed E-state index contributed by atoms with van der Waals surface area (Å²) < 4.78 is 68.2. The van der Waals surface area contributed by atoms with E-state index in [1.807, 2.05) is 6.07 Å². The first-order chi connectivity index (χ1) is 24.0. The maximum Gasteiger partial charge on any atom is 0.318 e. The third-order valence-electron chi connectivity index (χ3n) is 10.3. The van der Waals surface area contributed by atoms with Gasteiger partial charge in [0.2, 0.25) is 5.88 Å². The number of nitriles is 1. The molecule has 3 amide bonds. The third-order valence-corrected chi connectivity index (χ3v) is 12.0. The molecule has 0 spiro atoms. The number of hydrogen-bond acceptors (Lipinski definition) is 10. The monoisotopic (exact) mass is 707 g/mol. The minimum Gasteiger partial charge on any atom is -0.481 e. The van der Waals surface area contributed by atoms with Crippen molar-refractivity contribution < 1.29 is 36.3 Å². The standard InChI is InChI=1S/C34H35F2N7O6S/c1-40(25-19-49-20-25)23-9-12-41(13-10-23)24-17-42(18-24)33(45)39-34(26-4-3-11-38-31(26)48-2)27-14-21(16-37)5-7-29(27)43(32(34)44)50(46,47)30-8-6-22(35)15-28(30)36/h3-8,11,14-15,23-25H,9-10,12-13,17-20H2,1-2H3,(H,39,45)/t34-/m1/s1. The summed E-state index contributed by atoms with van der Waals surface area (Å²) in [5.74, 6) is -3.70. The zero-order chi connectivity index (χ0) is 35.4. The van der Waals surface area contributed by atoms with Crippen LogP contribution in [0.2, 0.25) is 0 Å². The number of amides is 3. The van der Waals surface area contributed by atoms with Crippen LogP contribution in [-0.2, 0) is 25.1 Å². The van der Waals surface area contributed by atoms with Crippen molar-refractivity contribution in [3.63, 3.8) is 0 Å². The number of ether oxygens (including phenoxy) is 2. The van der Waals surface area contributed by atoms with Gasteiger partial charge in [-0.05, 0) is 62.4 Å². The Morgan fingerprint density at radius 2 is 1.84 bits per heavy atom. The Morgan fingerprint density at radius 1 is 1.10 bits per heavy atom. The van der Waals surface area contributed by atoms with Gasteiger partial charge in [0.25, 0.3) is 15.9 Å². The number of benzene rings is 2. The highest BCUT2D eigenvalue weighted by Gasteiger charge is 2.59. The molecular formula is C34H35F2N7O6S. The molecule has 1 aromatic heterocycles. The highest BCUT2D eigenvalue weighted by Crippen LogP contribution is 2.49. The zero-order valence-electron chi connectivity index (χ0n) is 27.4. The first-order valence-electron chi connectivity index (χ1n) is 16.2. The number of hydrogen-bond donors (Lipinski definition) is 1. The highest BCUT2D eigenvalue weighted by atomic mass is 32.2. The van der Waals surface area contributed by atoms with Crippen molar-refractivity contribution >= 4 is 27.6 Å². The maximum absolute atomic E-state index is 15.0. The maximum atomic E-state index is 15.0. The molecule has 0 unspecified atom stereocenters. The molecule has 4 aliphatic heterocycles. The first kappa shape index (κ1) is 33.8. The number of anilines is 1. The normalized spacial score (nSPS) is 21.8. The minimum absolute atomic E-state index is 0.00500. The molecule has 7 rings (SSSR count). The fraction of sp³-hybridized carbons (Fsp3) is 0.412. The van der Waals surface area contributed by atoms with Crippen molar-refractivity contribution in [3.8, 4) is 11.9 Å². The van der Waals surface area contributed by atoms with E-state index in [0.717, 1.165) is 51.3 Å². The SMILES string of the molecule is COc1ncccc1[C@]1(NC(=O)N2CC(N3CCC(N(C)C4COC4)CC3)C2)C(=O)N(S(=O)(=O)c2ccc(F)cc2F)c2ccc(C#N)cc21. The van der Waals surface area contributed by atoms with Crippen LogP contribution in [0.3, 0.4) is 0 Å². The quantitative estimate of drug-likeness (QED) is 0.370. The lowest BCUT2D eigenvalue weighted by Gasteiger charge is -2.50. The molecule has 50 heavy (non-hydrogen) atoms. The van der Waals surface area contributed by atoms with Gasteiger partial charge in [-0.2, -0.15) is 9.57 Å². The molecule has 262 valence electrons. The van der Waals surface area contributed by atoms with Gasteiger partial charge >= 0.3 is 6.03 Å². The van der Waals surface area contributed by atoms with Crippen LogP contribution in [0.4, 0.5) is 19.3 Å². The second-order valence-corrected chi connectivity index (χ2v) is 14.7. The van der Waals surface area contributed by atoms with Gasteiger partial charge < -0.3 is 19.7 Å². The fourth-order valence-corrected chi connectivity index (χ4v) is 8.79. The number of aromatic nitrogens is 1. The predicted molar refractivity (Wildman–Crippen MR) is 175 cm³/mol. The molecule has 16 heteroatoms. The van der Waals surface area contributed by atoms with E-state index in [1.165, 1.54) is 48.5 Å². The number of carbonyl (C=O) groups is 2. The van der Waals surface area contributed by atoms with Gasteiger partial charge in [0.05, 0.1) is 49.2 Å². The van der Waals surface area contributed by atoms with E-state index in [4.69, 9.17) is 9.47 Å². The predicted octanol–water partition coefficient (Wildman–Crippen LogP) is 2.41. The summed E-state index contributed by atoms with van der Waals surface area (Å²) in [5, 5.41) is 12.6. The van der Waals surface area contributed by atoms with Crippen LogP contribution in [0.15, 0.2) is 59.6 Å². The Kier molecular flexibility index (Phi) is 8.71. The molecule has 0 aliphatic carbocycles. The van der Waals surface area contributed by atoms with Crippen molar-refractivity contribution in [2.24, 2.45) is 0 Å². The molecule has 3 saturated heterocycles. The van der Waals surface area contributed by atoms with Crippen molar-refractivity contribution in [1.29, 1.82) is 5.26 Å². The van der Waals surface area contributed by atoms with Gasteiger partial charge in [0, 0.05) is 56.1 Å². The number of nitrogens with zero attached hydrogens (tertiary/aromatic N) is 6. The van der Waals surface area contributed by atoms with Crippen LogP contribution >= 0.6 is 0 Å². The fourth-order valence-electron chi connectivity index (χ4n) is 7.27. The van der Waals surface area contributed by atoms with Gasteiger partial charge in [-0.15, -0.1) is 0 Å². The van der Waals surface area contributed by atoms with E-state index >= 15 is 4.39 Å². The molecular weight excluding hydrogens is 672 g/mol. The Bertz CT molecular complexity index is 1990. The van der Waals surface area contributed by atoms with Crippen molar-refractivity contribution in [2.45, 2.75) is 41.4 Å².